The van der Waals surface area contributed by atoms with Gasteiger partial charge in [-0.2, -0.15) is 11.8 Å². The Morgan fingerprint density at radius 1 is 1.35 bits per heavy atom. The summed E-state index contributed by atoms with van der Waals surface area (Å²) in [6, 6.07) is 0.457. The molecule has 0 heterocycles. The molecule has 102 valence electrons. The van der Waals surface area contributed by atoms with Crippen molar-refractivity contribution in [1.29, 1.82) is 0 Å². The molecule has 0 bridgehead atoms. The topological polar surface area (TPSA) is 32.3 Å². The number of unbranched alkanes of at least 4 members (excludes halogenated alkanes) is 2. The average Bonchev–Trinajstić information content (AvgIpc) is 3.11. The van der Waals surface area contributed by atoms with Crippen LogP contribution in [0.2, 0.25) is 0 Å². The maximum Gasteiger partial charge on any atom is 0.0624 e. The summed E-state index contributed by atoms with van der Waals surface area (Å²) in [4.78, 5) is 0. The summed E-state index contributed by atoms with van der Waals surface area (Å²) in [6.07, 6.45) is 6.51. The summed E-state index contributed by atoms with van der Waals surface area (Å²) in [5, 5.41) is 13.4. The second-order valence-corrected chi connectivity index (χ2v) is 6.75. The van der Waals surface area contributed by atoms with Crippen LogP contribution in [0.3, 0.4) is 0 Å². The van der Waals surface area contributed by atoms with Gasteiger partial charge in [-0.1, -0.05) is 33.6 Å². The van der Waals surface area contributed by atoms with Crippen molar-refractivity contribution >= 4 is 11.8 Å². The van der Waals surface area contributed by atoms with Gasteiger partial charge in [-0.25, -0.2) is 0 Å². The maximum absolute atomic E-state index is 9.76. The van der Waals surface area contributed by atoms with Crippen molar-refractivity contribution in [3.63, 3.8) is 0 Å². The monoisotopic (exact) mass is 259 g/mol. The van der Waals surface area contributed by atoms with Gasteiger partial charge in [0.05, 0.1) is 12.1 Å². The molecule has 17 heavy (non-hydrogen) atoms. The van der Waals surface area contributed by atoms with Crippen molar-refractivity contribution in [2.24, 2.45) is 5.92 Å². The zero-order chi connectivity index (χ0) is 12.7. The second kappa shape index (κ2) is 7.65. The number of rotatable bonds is 10. The van der Waals surface area contributed by atoms with E-state index in [1.54, 1.807) is 0 Å². The second-order valence-electron chi connectivity index (χ2n) is 5.65. The Labute approximate surface area is 111 Å². The fourth-order valence-corrected chi connectivity index (χ4v) is 3.74. The van der Waals surface area contributed by atoms with Gasteiger partial charge in [0.2, 0.25) is 0 Å². The minimum absolute atomic E-state index is 0.00888. The van der Waals surface area contributed by atoms with Crippen molar-refractivity contribution in [3.8, 4) is 0 Å². The van der Waals surface area contributed by atoms with E-state index in [2.05, 4.69) is 26.1 Å². The molecule has 1 atom stereocenters. The van der Waals surface area contributed by atoms with Gasteiger partial charge >= 0.3 is 0 Å². The molecule has 0 aromatic rings. The Bertz CT molecular complexity index is 206. The van der Waals surface area contributed by atoms with E-state index in [0.29, 0.717) is 12.0 Å². The molecule has 1 aliphatic rings. The van der Waals surface area contributed by atoms with E-state index >= 15 is 0 Å². The first-order chi connectivity index (χ1) is 8.14. The molecular weight excluding hydrogens is 230 g/mol. The predicted molar refractivity (Wildman–Crippen MR) is 77.7 cm³/mol. The molecular formula is C14H29NOS. The lowest BCUT2D eigenvalue weighted by atomic mass is 9.95. The molecule has 0 aromatic heterocycles. The van der Waals surface area contributed by atoms with Crippen molar-refractivity contribution < 1.29 is 5.11 Å². The van der Waals surface area contributed by atoms with E-state index < -0.39 is 0 Å². The highest BCUT2D eigenvalue weighted by molar-refractivity contribution is 7.99. The lowest BCUT2D eigenvalue weighted by molar-refractivity contribution is 0.150. The number of hydrogen-bond donors (Lipinski definition) is 2. The SMILES string of the molecule is CCCCCSCC(CO)(NC(C)C)C1CC1. The maximum atomic E-state index is 9.76. The molecule has 0 aromatic carbocycles. The summed E-state index contributed by atoms with van der Waals surface area (Å²) in [5.41, 5.74) is -0.00888. The lowest BCUT2D eigenvalue weighted by Crippen LogP contribution is -2.55. The van der Waals surface area contributed by atoms with Crippen LogP contribution in [-0.4, -0.2) is 34.8 Å². The van der Waals surface area contributed by atoms with Crippen LogP contribution in [0.1, 0.15) is 52.9 Å². The summed E-state index contributed by atoms with van der Waals surface area (Å²) < 4.78 is 0. The molecule has 0 saturated heterocycles. The number of aliphatic hydroxyl groups is 1. The highest BCUT2D eigenvalue weighted by Gasteiger charge is 2.44. The smallest absolute Gasteiger partial charge is 0.0624 e. The summed E-state index contributed by atoms with van der Waals surface area (Å²) in [5.74, 6) is 3.01. The summed E-state index contributed by atoms with van der Waals surface area (Å²) in [6.45, 7) is 6.88. The van der Waals surface area contributed by atoms with Crippen LogP contribution in [0.25, 0.3) is 0 Å². The Balaban J connectivity index is 2.34. The minimum atomic E-state index is -0.00888. The highest BCUT2D eigenvalue weighted by Crippen LogP contribution is 2.41. The van der Waals surface area contributed by atoms with Gasteiger partial charge < -0.3 is 10.4 Å². The molecule has 1 aliphatic carbocycles. The van der Waals surface area contributed by atoms with Crippen molar-refractivity contribution in [2.75, 3.05) is 18.1 Å². The lowest BCUT2D eigenvalue weighted by Gasteiger charge is -2.35. The Morgan fingerprint density at radius 2 is 2.06 bits per heavy atom. The molecule has 0 aliphatic heterocycles. The number of thioether (sulfide) groups is 1. The molecule has 0 amide bonds. The van der Waals surface area contributed by atoms with Crippen LogP contribution in [0.4, 0.5) is 0 Å². The van der Waals surface area contributed by atoms with Gasteiger partial charge in [0.25, 0.3) is 0 Å². The van der Waals surface area contributed by atoms with Gasteiger partial charge in [0.1, 0.15) is 0 Å². The van der Waals surface area contributed by atoms with E-state index in [4.69, 9.17) is 0 Å². The van der Waals surface area contributed by atoms with Crippen LogP contribution in [0, 0.1) is 5.92 Å². The van der Waals surface area contributed by atoms with Crippen molar-refractivity contribution in [3.05, 3.63) is 0 Å². The van der Waals surface area contributed by atoms with E-state index in [-0.39, 0.29) is 12.1 Å². The third kappa shape index (κ3) is 5.19. The normalized spacial score (nSPS) is 19.6. The average molecular weight is 259 g/mol. The van der Waals surface area contributed by atoms with Crippen LogP contribution in [0.15, 0.2) is 0 Å². The van der Waals surface area contributed by atoms with Crippen LogP contribution in [0.5, 0.6) is 0 Å². The van der Waals surface area contributed by atoms with Crippen LogP contribution >= 0.6 is 11.8 Å². The standard InChI is InChI=1S/C14H29NOS/c1-4-5-6-9-17-11-14(10-16,13-7-8-13)15-12(2)3/h12-13,15-16H,4-11H2,1-3H3. The molecule has 1 saturated carbocycles. The van der Waals surface area contributed by atoms with Crippen molar-refractivity contribution in [1.82, 2.24) is 5.32 Å². The number of hydrogen-bond acceptors (Lipinski definition) is 3. The molecule has 0 radical (unpaired) electrons. The quantitative estimate of drug-likeness (QED) is 0.591. The van der Waals surface area contributed by atoms with E-state index in [1.165, 1.54) is 37.9 Å². The van der Waals surface area contributed by atoms with E-state index in [9.17, 15) is 5.11 Å². The molecule has 1 rings (SSSR count). The Morgan fingerprint density at radius 3 is 2.53 bits per heavy atom. The first kappa shape index (κ1) is 15.3. The molecule has 0 spiro atoms. The zero-order valence-corrected chi connectivity index (χ0v) is 12.5. The summed E-state index contributed by atoms with van der Waals surface area (Å²) >= 11 is 2.01. The molecule has 3 heteroatoms. The molecule has 1 fully saturated rings. The first-order valence-corrected chi connectivity index (χ1v) is 8.26. The fourth-order valence-electron chi connectivity index (χ4n) is 2.42. The minimum Gasteiger partial charge on any atom is -0.394 e. The zero-order valence-electron chi connectivity index (χ0n) is 11.7. The third-order valence-electron chi connectivity index (χ3n) is 3.47. The van der Waals surface area contributed by atoms with E-state index in [0.717, 1.165) is 5.75 Å². The van der Waals surface area contributed by atoms with Crippen molar-refractivity contribution in [2.45, 2.75) is 64.5 Å². The molecule has 2 nitrogen and oxygen atoms in total. The Kier molecular flexibility index (Phi) is 6.90. The van der Waals surface area contributed by atoms with Gasteiger partial charge in [-0.3, -0.25) is 0 Å². The number of nitrogens with one attached hydrogen (secondary N) is 1. The summed E-state index contributed by atoms with van der Waals surface area (Å²) in [7, 11) is 0. The molecule has 1 unspecified atom stereocenters. The largest absolute Gasteiger partial charge is 0.394 e. The van der Waals surface area contributed by atoms with Crippen LogP contribution < -0.4 is 5.32 Å². The van der Waals surface area contributed by atoms with Gasteiger partial charge in [-0.15, -0.1) is 0 Å². The van der Waals surface area contributed by atoms with Gasteiger partial charge in [-0.05, 0) is 30.9 Å². The first-order valence-electron chi connectivity index (χ1n) is 7.11. The van der Waals surface area contributed by atoms with E-state index in [1.807, 2.05) is 11.8 Å². The van der Waals surface area contributed by atoms with Gasteiger partial charge in [0, 0.05) is 11.8 Å². The molecule has 2 N–H and O–H groups in total. The highest BCUT2D eigenvalue weighted by atomic mass is 32.2. The van der Waals surface area contributed by atoms with Crippen LogP contribution in [-0.2, 0) is 0 Å². The fraction of sp³-hybridized carbons (Fsp3) is 1.00. The Hall–Kier alpha value is 0.270. The number of aliphatic hydroxyl groups excluding tert-OH is 1. The van der Waals surface area contributed by atoms with Gasteiger partial charge in [0.15, 0.2) is 0 Å². The predicted octanol–water partition coefficient (Wildman–Crippen LogP) is 3.05. The third-order valence-corrected chi connectivity index (χ3v) is 4.77.